The van der Waals surface area contributed by atoms with Gasteiger partial charge in [0.2, 0.25) is 0 Å². The summed E-state index contributed by atoms with van der Waals surface area (Å²) >= 11 is 0. The monoisotopic (exact) mass is 378 g/mol. The highest BCUT2D eigenvalue weighted by Crippen LogP contribution is 2.31. The van der Waals surface area contributed by atoms with Crippen LogP contribution in [0.3, 0.4) is 0 Å². The zero-order valence-corrected chi connectivity index (χ0v) is 17.2. The molecule has 0 aromatic carbocycles. The Balaban J connectivity index is 2.40. The second-order valence-electron chi connectivity index (χ2n) is 7.91. The molecule has 1 aliphatic carbocycles. The van der Waals surface area contributed by atoms with Crippen LogP contribution in [0.5, 0.6) is 0 Å². The molecule has 1 saturated carbocycles. The lowest BCUT2D eigenvalue weighted by atomic mass is 9.86. The van der Waals surface area contributed by atoms with Crippen molar-refractivity contribution in [3.8, 4) is 0 Å². The maximum Gasteiger partial charge on any atom is 0.307 e. The number of aliphatic hydroxyl groups is 1. The third-order valence-corrected chi connectivity index (χ3v) is 5.56. The number of Topliss-reactive ketones (excluding diaryl/α,β-unsaturated/α-hetero) is 1. The molecule has 4 nitrogen and oxygen atoms in total. The van der Waals surface area contributed by atoms with E-state index in [4.69, 9.17) is 0 Å². The van der Waals surface area contributed by atoms with Crippen molar-refractivity contribution in [1.82, 2.24) is 0 Å². The zero-order valence-electron chi connectivity index (χ0n) is 17.2. The molecule has 27 heavy (non-hydrogen) atoms. The van der Waals surface area contributed by atoms with Gasteiger partial charge in [-0.3, -0.25) is 9.59 Å². The van der Waals surface area contributed by atoms with Gasteiger partial charge < -0.3 is 10.2 Å². The summed E-state index contributed by atoms with van der Waals surface area (Å²) in [5, 5.41) is 20.1. The zero-order chi connectivity index (χ0) is 20.1. The van der Waals surface area contributed by atoms with E-state index < -0.39 is 17.5 Å². The minimum absolute atomic E-state index is 0.118. The van der Waals surface area contributed by atoms with Crippen molar-refractivity contribution in [3.05, 3.63) is 24.3 Å². The number of carbonyl (C=O) groups excluding carboxylic acids is 1. The van der Waals surface area contributed by atoms with Crippen LogP contribution in [-0.2, 0) is 9.59 Å². The standard InChI is InChI=1S/C23H38O4/c1-3-5-10-17-23(27,16-4-2)18-11-8-6-7-9-13-20(22(25)26)19-14-12-15-21(19)24/h6-7,11,18-20,27H,3-5,8-10,12-17H2,1-2H3,(H,25,26)/b7-6+,18-11-/t19-,20+,23?/m1/s1. The molecule has 0 aromatic rings. The van der Waals surface area contributed by atoms with Crippen molar-refractivity contribution in [1.29, 1.82) is 0 Å². The highest BCUT2D eigenvalue weighted by Gasteiger charge is 2.35. The molecule has 0 spiro atoms. The molecule has 0 heterocycles. The minimum atomic E-state index is -0.847. The molecule has 1 aliphatic rings. The fourth-order valence-electron chi connectivity index (χ4n) is 4.03. The summed E-state index contributed by atoms with van der Waals surface area (Å²) in [5.74, 6) is -1.57. The quantitative estimate of drug-likeness (QED) is 0.311. The molecule has 0 bridgehead atoms. The van der Waals surface area contributed by atoms with Crippen molar-refractivity contribution < 1.29 is 19.8 Å². The van der Waals surface area contributed by atoms with E-state index in [1.165, 1.54) is 0 Å². The van der Waals surface area contributed by atoms with Crippen molar-refractivity contribution in [3.63, 3.8) is 0 Å². The van der Waals surface area contributed by atoms with E-state index in [9.17, 15) is 19.8 Å². The van der Waals surface area contributed by atoms with E-state index in [0.717, 1.165) is 57.8 Å². The van der Waals surface area contributed by atoms with Gasteiger partial charge in [0.25, 0.3) is 0 Å². The molecule has 3 atom stereocenters. The summed E-state index contributed by atoms with van der Waals surface area (Å²) in [5.41, 5.74) is -0.699. The summed E-state index contributed by atoms with van der Waals surface area (Å²) in [6.45, 7) is 4.25. The van der Waals surface area contributed by atoms with Gasteiger partial charge in [0, 0.05) is 12.3 Å². The molecule has 0 aliphatic heterocycles. The summed E-state index contributed by atoms with van der Waals surface area (Å²) in [6, 6.07) is 0. The molecule has 4 heteroatoms. The summed E-state index contributed by atoms with van der Waals surface area (Å²) < 4.78 is 0. The van der Waals surface area contributed by atoms with Crippen LogP contribution in [0.1, 0.15) is 90.9 Å². The predicted molar refractivity (Wildman–Crippen MR) is 110 cm³/mol. The number of aliphatic carboxylic acids is 1. The van der Waals surface area contributed by atoms with Crippen molar-refractivity contribution in [2.45, 2.75) is 96.5 Å². The topological polar surface area (TPSA) is 74.6 Å². The molecule has 0 radical (unpaired) electrons. The van der Waals surface area contributed by atoms with E-state index in [1.807, 2.05) is 24.3 Å². The Hall–Kier alpha value is -1.42. The first-order valence-electron chi connectivity index (χ1n) is 10.7. The smallest absolute Gasteiger partial charge is 0.307 e. The van der Waals surface area contributed by atoms with Crippen LogP contribution in [0.15, 0.2) is 24.3 Å². The average Bonchev–Trinajstić information content (AvgIpc) is 3.03. The van der Waals surface area contributed by atoms with Gasteiger partial charge in [-0.2, -0.15) is 0 Å². The van der Waals surface area contributed by atoms with Crippen LogP contribution in [0.4, 0.5) is 0 Å². The molecule has 1 unspecified atom stereocenters. The number of hydrogen-bond acceptors (Lipinski definition) is 3. The lowest BCUT2D eigenvalue weighted by Crippen LogP contribution is -2.26. The van der Waals surface area contributed by atoms with Crippen LogP contribution in [0, 0.1) is 11.8 Å². The first-order valence-corrected chi connectivity index (χ1v) is 10.7. The molecule has 154 valence electrons. The Morgan fingerprint density at radius 1 is 1.19 bits per heavy atom. The van der Waals surface area contributed by atoms with E-state index in [0.29, 0.717) is 19.3 Å². The van der Waals surface area contributed by atoms with Gasteiger partial charge in [-0.25, -0.2) is 0 Å². The maximum atomic E-state index is 11.8. The highest BCUT2D eigenvalue weighted by atomic mass is 16.4. The highest BCUT2D eigenvalue weighted by molar-refractivity contribution is 5.87. The van der Waals surface area contributed by atoms with E-state index in [2.05, 4.69) is 13.8 Å². The van der Waals surface area contributed by atoms with E-state index in [-0.39, 0.29) is 11.7 Å². The molecular formula is C23H38O4. The normalized spacial score (nSPS) is 21.1. The van der Waals surface area contributed by atoms with Crippen LogP contribution < -0.4 is 0 Å². The van der Waals surface area contributed by atoms with Crippen molar-refractivity contribution >= 4 is 11.8 Å². The van der Waals surface area contributed by atoms with Crippen LogP contribution in [-0.4, -0.2) is 27.6 Å². The van der Waals surface area contributed by atoms with Gasteiger partial charge in [-0.05, 0) is 44.9 Å². The summed E-state index contributed by atoms with van der Waals surface area (Å²) in [4.78, 5) is 23.3. The van der Waals surface area contributed by atoms with Crippen molar-refractivity contribution in [2.24, 2.45) is 11.8 Å². The molecular weight excluding hydrogens is 340 g/mol. The molecule has 2 N–H and O–H groups in total. The molecule has 1 rings (SSSR count). The summed E-state index contributed by atoms with van der Waals surface area (Å²) in [7, 11) is 0. The lowest BCUT2D eigenvalue weighted by molar-refractivity contribution is -0.146. The SMILES string of the molecule is CCCCCC(O)(/C=C\C/C=C/CC[C@H](C(=O)O)[C@H]1CCCC1=O)CCC. The maximum absolute atomic E-state index is 11.8. The minimum Gasteiger partial charge on any atom is -0.481 e. The number of rotatable bonds is 14. The van der Waals surface area contributed by atoms with E-state index in [1.54, 1.807) is 0 Å². The Labute approximate surface area is 164 Å². The van der Waals surface area contributed by atoms with Gasteiger partial charge in [-0.1, -0.05) is 63.8 Å². The number of carboxylic acids is 1. The molecule has 0 amide bonds. The van der Waals surface area contributed by atoms with Crippen LogP contribution >= 0.6 is 0 Å². The number of carbonyl (C=O) groups is 2. The third-order valence-electron chi connectivity index (χ3n) is 5.56. The first kappa shape index (κ1) is 23.6. The fourth-order valence-corrected chi connectivity index (χ4v) is 4.03. The summed E-state index contributed by atoms with van der Waals surface area (Å²) in [6.07, 6.45) is 17.9. The van der Waals surface area contributed by atoms with Gasteiger partial charge in [0.15, 0.2) is 0 Å². The van der Waals surface area contributed by atoms with Gasteiger partial charge in [-0.15, -0.1) is 0 Å². The number of allylic oxidation sites excluding steroid dienone is 3. The van der Waals surface area contributed by atoms with Crippen molar-refractivity contribution in [2.75, 3.05) is 0 Å². The van der Waals surface area contributed by atoms with Gasteiger partial charge in [0.1, 0.15) is 5.78 Å². The largest absolute Gasteiger partial charge is 0.481 e. The van der Waals surface area contributed by atoms with Crippen LogP contribution in [0.2, 0.25) is 0 Å². The average molecular weight is 379 g/mol. The Kier molecular flexibility index (Phi) is 11.3. The predicted octanol–water partition coefficient (Wildman–Crippen LogP) is 5.45. The number of hydrogen-bond donors (Lipinski definition) is 2. The number of ketones is 1. The first-order chi connectivity index (χ1) is 12.9. The van der Waals surface area contributed by atoms with E-state index >= 15 is 0 Å². The number of unbranched alkanes of at least 4 members (excludes halogenated alkanes) is 2. The second kappa shape index (κ2) is 12.9. The number of carboxylic acid groups (broad SMARTS) is 1. The lowest BCUT2D eigenvalue weighted by Gasteiger charge is -2.24. The Morgan fingerprint density at radius 2 is 1.96 bits per heavy atom. The van der Waals surface area contributed by atoms with Gasteiger partial charge >= 0.3 is 5.97 Å². The van der Waals surface area contributed by atoms with Crippen LogP contribution in [0.25, 0.3) is 0 Å². The molecule has 0 aromatic heterocycles. The molecule has 0 saturated heterocycles. The second-order valence-corrected chi connectivity index (χ2v) is 7.91. The Morgan fingerprint density at radius 3 is 2.56 bits per heavy atom. The van der Waals surface area contributed by atoms with Gasteiger partial charge in [0.05, 0.1) is 11.5 Å². The fraction of sp³-hybridized carbons (Fsp3) is 0.739. The third kappa shape index (κ3) is 8.87. The molecule has 1 fully saturated rings. The Bertz CT molecular complexity index is 509.